The molecule has 0 saturated carbocycles. The number of ether oxygens (including phenoxy) is 1. The third-order valence-corrected chi connectivity index (χ3v) is 5.44. The van der Waals surface area contributed by atoms with Gasteiger partial charge in [0.05, 0.1) is 12.4 Å². The molecule has 1 aromatic carbocycles. The van der Waals surface area contributed by atoms with Gasteiger partial charge in [0.25, 0.3) is 0 Å². The zero-order valence-corrected chi connectivity index (χ0v) is 14.6. The Bertz CT molecular complexity index is 908. The van der Waals surface area contributed by atoms with Crippen molar-refractivity contribution in [2.24, 2.45) is 5.92 Å². The van der Waals surface area contributed by atoms with Gasteiger partial charge in [-0.2, -0.15) is 18.2 Å². The van der Waals surface area contributed by atoms with E-state index in [0.717, 1.165) is 6.07 Å². The minimum absolute atomic E-state index is 0.0264. The van der Waals surface area contributed by atoms with Crippen molar-refractivity contribution < 1.29 is 35.2 Å². The van der Waals surface area contributed by atoms with Crippen LogP contribution >= 0.6 is 0 Å². The first-order valence-corrected chi connectivity index (χ1v) is 9.54. The second-order valence-corrected chi connectivity index (χ2v) is 7.91. The molecule has 2 heterocycles. The van der Waals surface area contributed by atoms with Crippen LogP contribution in [0.25, 0.3) is 11.4 Å². The number of sulfonamides is 1. The SMILES string of the molecule is O=S(=O)(CC1CCOC1)NCc1ccc(-c2noc(C(F)(F)F)n2)cc1F. The Balaban J connectivity index is 1.67. The van der Waals surface area contributed by atoms with E-state index in [9.17, 15) is 26.0 Å². The quantitative estimate of drug-likeness (QED) is 0.736. The van der Waals surface area contributed by atoms with Gasteiger partial charge in [0.1, 0.15) is 5.82 Å². The lowest BCUT2D eigenvalue weighted by Crippen LogP contribution is -2.30. The minimum Gasteiger partial charge on any atom is -0.381 e. The van der Waals surface area contributed by atoms with Crippen LogP contribution in [-0.2, 0) is 27.5 Å². The molecule has 1 fully saturated rings. The van der Waals surface area contributed by atoms with Crippen molar-refractivity contribution in [2.75, 3.05) is 19.0 Å². The fourth-order valence-electron chi connectivity index (χ4n) is 2.56. The number of nitrogens with zero attached hydrogens (tertiary/aromatic N) is 2. The second kappa shape index (κ2) is 7.52. The van der Waals surface area contributed by atoms with E-state index in [0.29, 0.717) is 19.6 Å². The van der Waals surface area contributed by atoms with Crippen molar-refractivity contribution in [1.82, 2.24) is 14.9 Å². The zero-order valence-electron chi connectivity index (χ0n) is 13.8. The van der Waals surface area contributed by atoms with E-state index in [1.165, 1.54) is 12.1 Å². The lowest BCUT2D eigenvalue weighted by Gasteiger charge is -2.11. The number of hydrogen-bond donors (Lipinski definition) is 1. The van der Waals surface area contributed by atoms with Crippen LogP contribution in [0.2, 0.25) is 0 Å². The van der Waals surface area contributed by atoms with Crippen molar-refractivity contribution in [3.8, 4) is 11.4 Å². The molecule has 1 saturated heterocycles. The molecule has 1 atom stereocenters. The fourth-order valence-corrected chi connectivity index (χ4v) is 3.93. The highest BCUT2D eigenvalue weighted by atomic mass is 32.2. The predicted octanol–water partition coefficient (Wildman–Crippen LogP) is 2.35. The van der Waals surface area contributed by atoms with E-state index >= 15 is 0 Å². The normalized spacial score (nSPS) is 18.1. The average Bonchev–Trinajstić information content (AvgIpc) is 3.24. The van der Waals surface area contributed by atoms with E-state index in [-0.39, 0.29) is 29.3 Å². The van der Waals surface area contributed by atoms with E-state index in [2.05, 4.69) is 19.4 Å². The molecule has 0 spiro atoms. The summed E-state index contributed by atoms with van der Waals surface area (Å²) in [5.41, 5.74) is 0.00555. The van der Waals surface area contributed by atoms with E-state index in [1.54, 1.807) is 0 Å². The maximum atomic E-state index is 14.2. The van der Waals surface area contributed by atoms with Gasteiger partial charge in [-0.05, 0) is 18.4 Å². The van der Waals surface area contributed by atoms with Crippen LogP contribution in [0.15, 0.2) is 22.7 Å². The van der Waals surface area contributed by atoms with Gasteiger partial charge in [-0.25, -0.2) is 17.5 Å². The zero-order chi connectivity index (χ0) is 19.7. The summed E-state index contributed by atoms with van der Waals surface area (Å²) in [6.07, 6.45) is -4.15. The Morgan fingerprint density at radius 3 is 2.67 bits per heavy atom. The van der Waals surface area contributed by atoms with Crippen LogP contribution in [-0.4, -0.2) is 37.5 Å². The number of nitrogens with one attached hydrogen (secondary N) is 1. The molecule has 148 valence electrons. The smallest absolute Gasteiger partial charge is 0.381 e. The van der Waals surface area contributed by atoms with Gasteiger partial charge in [-0.3, -0.25) is 0 Å². The highest BCUT2D eigenvalue weighted by Crippen LogP contribution is 2.29. The highest BCUT2D eigenvalue weighted by Gasteiger charge is 2.38. The van der Waals surface area contributed by atoms with Gasteiger partial charge in [0.2, 0.25) is 15.8 Å². The largest absolute Gasteiger partial charge is 0.471 e. The second-order valence-electron chi connectivity index (χ2n) is 6.06. The van der Waals surface area contributed by atoms with Gasteiger partial charge < -0.3 is 9.26 Å². The van der Waals surface area contributed by atoms with Crippen LogP contribution in [0, 0.1) is 11.7 Å². The Morgan fingerprint density at radius 1 is 1.30 bits per heavy atom. The van der Waals surface area contributed by atoms with E-state index in [1.807, 2.05) is 0 Å². The Kier molecular flexibility index (Phi) is 5.49. The number of alkyl halides is 3. The standard InChI is InChI=1S/C15H15F4N3O4S/c16-12-5-10(13-21-14(26-22-13)15(17,18)19)1-2-11(12)6-20-27(23,24)8-9-3-4-25-7-9/h1-2,5,9,20H,3-4,6-8H2. The molecule has 0 bridgehead atoms. The molecule has 7 nitrogen and oxygen atoms in total. The van der Waals surface area contributed by atoms with Crippen molar-refractivity contribution >= 4 is 10.0 Å². The Labute approximate surface area is 151 Å². The topological polar surface area (TPSA) is 94.3 Å². The molecule has 1 unspecified atom stereocenters. The average molecular weight is 409 g/mol. The molecule has 1 aromatic heterocycles. The molecule has 0 radical (unpaired) electrons. The summed E-state index contributed by atoms with van der Waals surface area (Å²) < 4.78 is 87.2. The molecule has 3 rings (SSSR count). The predicted molar refractivity (Wildman–Crippen MR) is 84.2 cm³/mol. The van der Waals surface area contributed by atoms with Gasteiger partial charge in [-0.1, -0.05) is 17.3 Å². The minimum atomic E-state index is -4.80. The maximum Gasteiger partial charge on any atom is 0.471 e. The first-order chi connectivity index (χ1) is 12.6. The van der Waals surface area contributed by atoms with Crippen molar-refractivity contribution in [2.45, 2.75) is 19.1 Å². The van der Waals surface area contributed by atoms with E-state index < -0.39 is 33.7 Å². The van der Waals surface area contributed by atoms with Gasteiger partial charge >= 0.3 is 12.1 Å². The molecule has 0 aliphatic carbocycles. The van der Waals surface area contributed by atoms with Crippen LogP contribution in [0.1, 0.15) is 17.9 Å². The summed E-state index contributed by atoms with van der Waals surface area (Å²) in [6.45, 7) is 0.596. The third kappa shape index (κ3) is 5.02. The summed E-state index contributed by atoms with van der Waals surface area (Å²) in [7, 11) is -3.62. The molecule has 0 amide bonds. The number of rotatable bonds is 6. The van der Waals surface area contributed by atoms with Crippen LogP contribution < -0.4 is 4.72 Å². The van der Waals surface area contributed by atoms with Crippen molar-refractivity contribution in [3.63, 3.8) is 0 Å². The number of aromatic nitrogens is 2. The Morgan fingerprint density at radius 2 is 2.07 bits per heavy atom. The van der Waals surface area contributed by atoms with Gasteiger partial charge in [-0.15, -0.1) is 0 Å². The monoisotopic (exact) mass is 409 g/mol. The summed E-state index contributed by atoms with van der Waals surface area (Å²) in [6, 6.07) is 3.44. The number of benzene rings is 1. The highest BCUT2D eigenvalue weighted by molar-refractivity contribution is 7.89. The molecular weight excluding hydrogens is 394 g/mol. The molecule has 1 N–H and O–H groups in total. The fraction of sp³-hybridized carbons (Fsp3) is 0.467. The summed E-state index contributed by atoms with van der Waals surface area (Å²) in [5.74, 6) is -2.98. The molecule has 27 heavy (non-hydrogen) atoms. The van der Waals surface area contributed by atoms with Crippen molar-refractivity contribution in [1.29, 1.82) is 0 Å². The molecule has 1 aliphatic rings. The molecule has 2 aromatic rings. The summed E-state index contributed by atoms with van der Waals surface area (Å²) in [4.78, 5) is 3.17. The third-order valence-electron chi connectivity index (χ3n) is 3.94. The van der Waals surface area contributed by atoms with Gasteiger partial charge in [0, 0.05) is 24.3 Å². The lowest BCUT2D eigenvalue weighted by atomic mass is 10.1. The van der Waals surface area contributed by atoms with Crippen LogP contribution in [0.5, 0.6) is 0 Å². The van der Waals surface area contributed by atoms with Crippen LogP contribution in [0.4, 0.5) is 17.6 Å². The van der Waals surface area contributed by atoms with Crippen molar-refractivity contribution in [3.05, 3.63) is 35.5 Å². The summed E-state index contributed by atoms with van der Waals surface area (Å²) >= 11 is 0. The molecule has 1 aliphatic heterocycles. The lowest BCUT2D eigenvalue weighted by molar-refractivity contribution is -0.159. The number of halogens is 4. The molecule has 12 heteroatoms. The summed E-state index contributed by atoms with van der Waals surface area (Å²) in [5, 5.41) is 3.17. The van der Waals surface area contributed by atoms with E-state index in [4.69, 9.17) is 4.74 Å². The first-order valence-electron chi connectivity index (χ1n) is 7.89. The first kappa shape index (κ1) is 19.7. The van der Waals surface area contributed by atoms with Crippen LogP contribution in [0.3, 0.4) is 0 Å². The molecular formula is C15H15F4N3O4S. The number of hydrogen-bond acceptors (Lipinski definition) is 6. The Hall–Kier alpha value is -2.05. The maximum absolute atomic E-state index is 14.2. The van der Waals surface area contributed by atoms with Gasteiger partial charge in [0.15, 0.2) is 0 Å².